The maximum Gasteiger partial charge on any atom is 0.347 e. The molecular weight excluding hydrogens is 446 g/mol. The zero-order chi connectivity index (χ0) is 21.3. The van der Waals surface area contributed by atoms with Gasteiger partial charge in [0.05, 0.1) is 6.61 Å². The average molecular weight is 468 g/mol. The van der Waals surface area contributed by atoms with Crippen molar-refractivity contribution >= 4 is 33.5 Å². The number of carbonyl (C=O) groups is 2. The summed E-state index contributed by atoms with van der Waals surface area (Å²) in [5.74, 6) is 0.142. The van der Waals surface area contributed by atoms with Crippen molar-refractivity contribution in [2.45, 2.75) is 19.8 Å². The highest BCUT2D eigenvalue weighted by molar-refractivity contribution is 9.10. The molecule has 0 spiro atoms. The van der Waals surface area contributed by atoms with Crippen LogP contribution in [0.2, 0.25) is 0 Å². The molecule has 6 heteroatoms. The van der Waals surface area contributed by atoms with Crippen molar-refractivity contribution in [2.75, 3.05) is 11.9 Å². The van der Waals surface area contributed by atoms with Crippen LogP contribution in [0, 0.1) is 0 Å². The Kier molecular flexibility index (Phi) is 7.63. The molecular formula is C24H22BrNO4. The Morgan fingerprint density at radius 1 is 0.967 bits per heavy atom. The van der Waals surface area contributed by atoms with Crippen molar-refractivity contribution in [3.8, 4) is 11.5 Å². The molecule has 154 valence electrons. The molecule has 0 saturated heterocycles. The number of amides is 1. The minimum Gasteiger partial charge on any atom is -0.492 e. The van der Waals surface area contributed by atoms with Crippen LogP contribution in [0.15, 0.2) is 77.3 Å². The molecule has 0 aliphatic heterocycles. The van der Waals surface area contributed by atoms with Crippen LogP contribution in [0.4, 0.5) is 5.69 Å². The molecule has 0 aliphatic carbocycles. The molecule has 0 aromatic heterocycles. The van der Waals surface area contributed by atoms with Gasteiger partial charge in [0.1, 0.15) is 17.1 Å². The average Bonchev–Trinajstić information content (AvgIpc) is 2.75. The summed E-state index contributed by atoms with van der Waals surface area (Å²) in [4.78, 5) is 24.4. The Bertz CT molecular complexity index is 1020. The zero-order valence-corrected chi connectivity index (χ0v) is 18.1. The van der Waals surface area contributed by atoms with Gasteiger partial charge in [-0.25, -0.2) is 4.79 Å². The van der Waals surface area contributed by atoms with E-state index in [0.717, 1.165) is 16.5 Å². The van der Waals surface area contributed by atoms with E-state index in [-0.39, 0.29) is 5.91 Å². The van der Waals surface area contributed by atoms with E-state index in [2.05, 4.69) is 21.2 Å². The molecule has 0 atom stereocenters. The Morgan fingerprint density at radius 2 is 1.77 bits per heavy atom. The number of ether oxygens (including phenoxy) is 2. The van der Waals surface area contributed by atoms with Crippen LogP contribution in [0.25, 0.3) is 0 Å². The van der Waals surface area contributed by atoms with Gasteiger partial charge in [0.25, 0.3) is 0 Å². The van der Waals surface area contributed by atoms with Crippen LogP contribution in [0.3, 0.4) is 0 Å². The third-order valence-corrected chi connectivity index (χ3v) is 4.80. The lowest BCUT2D eigenvalue weighted by atomic mass is 10.1. The van der Waals surface area contributed by atoms with E-state index >= 15 is 0 Å². The van der Waals surface area contributed by atoms with Crippen LogP contribution in [0.1, 0.15) is 29.3 Å². The Labute approximate surface area is 184 Å². The largest absolute Gasteiger partial charge is 0.492 e. The fourth-order valence-corrected chi connectivity index (χ4v) is 3.12. The molecule has 0 unspecified atom stereocenters. The summed E-state index contributed by atoms with van der Waals surface area (Å²) in [7, 11) is 0. The van der Waals surface area contributed by atoms with Crippen molar-refractivity contribution in [3.05, 3.63) is 88.4 Å². The van der Waals surface area contributed by atoms with Crippen molar-refractivity contribution in [2.24, 2.45) is 0 Å². The van der Waals surface area contributed by atoms with Crippen molar-refractivity contribution < 1.29 is 19.1 Å². The summed E-state index contributed by atoms with van der Waals surface area (Å²) in [6.07, 6.45) is 1.09. The number of hydrogen-bond acceptors (Lipinski definition) is 4. The summed E-state index contributed by atoms with van der Waals surface area (Å²) in [6.45, 7) is 2.20. The van der Waals surface area contributed by atoms with Gasteiger partial charge in [-0.2, -0.15) is 0 Å². The quantitative estimate of drug-likeness (QED) is 0.344. The molecule has 5 nitrogen and oxygen atoms in total. The number of anilines is 1. The lowest BCUT2D eigenvalue weighted by molar-refractivity contribution is -0.115. The van der Waals surface area contributed by atoms with Gasteiger partial charge in [0.2, 0.25) is 5.91 Å². The minimum atomic E-state index is -0.537. The Hall–Kier alpha value is -3.12. The monoisotopic (exact) mass is 467 g/mol. The predicted octanol–water partition coefficient (Wildman–Crippen LogP) is 5.64. The number of carbonyl (C=O) groups excluding carboxylic acids is 2. The second kappa shape index (κ2) is 10.6. The molecule has 0 saturated carbocycles. The van der Waals surface area contributed by atoms with E-state index < -0.39 is 5.97 Å². The molecule has 0 bridgehead atoms. The number of nitrogens with one attached hydrogen (secondary N) is 1. The first-order valence-corrected chi connectivity index (χ1v) is 10.4. The van der Waals surface area contributed by atoms with E-state index in [1.165, 1.54) is 0 Å². The maximum atomic E-state index is 12.8. The Morgan fingerprint density at radius 3 is 2.53 bits per heavy atom. The normalized spacial score (nSPS) is 10.3. The van der Waals surface area contributed by atoms with E-state index in [4.69, 9.17) is 9.47 Å². The van der Waals surface area contributed by atoms with Crippen LogP contribution >= 0.6 is 15.9 Å². The van der Waals surface area contributed by atoms with Crippen molar-refractivity contribution in [1.82, 2.24) is 0 Å². The van der Waals surface area contributed by atoms with Gasteiger partial charge in [-0.05, 0) is 35.9 Å². The topological polar surface area (TPSA) is 64.6 Å². The van der Waals surface area contributed by atoms with Crippen LogP contribution in [-0.4, -0.2) is 18.5 Å². The molecule has 3 rings (SSSR count). The summed E-state index contributed by atoms with van der Waals surface area (Å²) >= 11 is 3.39. The highest BCUT2D eigenvalue weighted by Crippen LogP contribution is 2.26. The summed E-state index contributed by atoms with van der Waals surface area (Å²) < 4.78 is 12.1. The second-order valence-corrected chi connectivity index (χ2v) is 7.46. The van der Waals surface area contributed by atoms with Gasteiger partial charge in [-0.15, -0.1) is 0 Å². The molecule has 3 aromatic rings. The smallest absolute Gasteiger partial charge is 0.347 e. The number of halogens is 1. The van der Waals surface area contributed by atoms with Gasteiger partial charge in [-0.3, -0.25) is 4.79 Å². The molecule has 3 aromatic carbocycles. The van der Waals surface area contributed by atoms with E-state index in [1.807, 2.05) is 36.4 Å². The fourth-order valence-electron chi connectivity index (χ4n) is 2.76. The maximum absolute atomic E-state index is 12.8. The van der Waals surface area contributed by atoms with E-state index in [0.29, 0.717) is 35.8 Å². The number of rotatable bonds is 8. The molecule has 0 fully saturated rings. The van der Waals surface area contributed by atoms with Crippen LogP contribution < -0.4 is 14.8 Å². The number of benzene rings is 3. The Balaban J connectivity index is 1.70. The number of hydrogen-bond donors (Lipinski definition) is 1. The lowest BCUT2D eigenvalue weighted by Crippen LogP contribution is -2.13. The van der Waals surface area contributed by atoms with Gasteiger partial charge < -0.3 is 14.8 Å². The van der Waals surface area contributed by atoms with E-state index in [1.54, 1.807) is 43.3 Å². The summed E-state index contributed by atoms with van der Waals surface area (Å²) in [5, 5.41) is 2.75. The third kappa shape index (κ3) is 6.19. The molecule has 1 amide bonds. The first kappa shape index (κ1) is 21.6. The minimum absolute atomic E-state index is 0.112. The van der Waals surface area contributed by atoms with Gasteiger partial charge in [0.15, 0.2) is 0 Å². The van der Waals surface area contributed by atoms with Gasteiger partial charge >= 0.3 is 5.97 Å². The lowest BCUT2D eigenvalue weighted by Gasteiger charge is -2.12. The summed E-state index contributed by atoms with van der Waals surface area (Å²) in [5.41, 5.74) is 2.05. The van der Waals surface area contributed by atoms with Crippen molar-refractivity contribution in [1.29, 1.82) is 0 Å². The second-order valence-electron chi connectivity index (χ2n) is 6.54. The zero-order valence-electron chi connectivity index (χ0n) is 16.6. The first-order chi connectivity index (χ1) is 14.5. The highest BCUT2D eigenvalue weighted by Gasteiger charge is 2.16. The van der Waals surface area contributed by atoms with Crippen LogP contribution in [-0.2, 0) is 11.2 Å². The molecule has 0 aliphatic rings. The van der Waals surface area contributed by atoms with Gasteiger partial charge in [0, 0.05) is 29.1 Å². The first-order valence-electron chi connectivity index (χ1n) is 9.63. The predicted molar refractivity (Wildman–Crippen MR) is 120 cm³/mol. The highest BCUT2D eigenvalue weighted by atomic mass is 79.9. The van der Waals surface area contributed by atoms with Crippen molar-refractivity contribution in [3.63, 3.8) is 0 Å². The van der Waals surface area contributed by atoms with E-state index in [9.17, 15) is 9.59 Å². The molecule has 30 heavy (non-hydrogen) atoms. The van der Waals surface area contributed by atoms with Gasteiger partial charge in [-0.1, -0.05) is 59.3 Å². The SMILES string of the molecule is CCC(=O)Nc1cccc(OC(=O)c2cc(Br)ccc2OCCc2ccccc2)c1. The molecule has 1 N–H and O–H groups in total. The summed E-state index contributed by atoms with van der Waals surface area (Å²) in [6, 6.07) is 21.9. The molecule has 0 radical (unpaired) electrons. The number of esters is 1. The third-order valence-electron chi connectivity index (χ3n) is 4.30. The fraction of sp³-hybridized carbons (Fsp3) is 0.167. The van der Waals surface area contributed by atoms with Crippen LogP contribution in [0.5, 0.6) is 11.5 Å². The molecule has 0 heterocycles. The standard InChI is InChI=1S/C24H22BrNO4/c1-2-23(27)26-19-9-6-10-20(16-19)30-24(28)21-15-18(25)11-12-22(21)29-14-13-17-7-4-3-5-8-17/h3-12,15-16H,2,13-14H2,1H3,(H,26,27).